The highest BCUT2D eigenvalue weighted by molar-refractivity contribution is 5.80. The molecule has 0 aromatic heterocycles. The van der Waals surface area contributed by atoms with Crippen molar-refractivity contribution in [1.82, 2.24) is 10.2 Å². The van der Waals surface area contributed by atoms with Gasteiger partial charge < -0.3 is 15.3 Å². The maximum Gasteiger partial charge on any atom is 0.323 e. The molecular weight excluding hydrogens is 244 g/mol. The highest BCUT2D eigenvalue weighted by Gasteiger charge is 2.23. The van der Waals surface area contributed by atoms with Crippen molar-refractivity contribution in [3.63, 3.8) is 0 Å². The number of urea groups is 1. The van der Waals surface area contributed by atoms with Gasteiger partial charge >= 0.3 is 12.0 Å². The molecule has 2 atom stereocenters. The van der Waals surface area contributed by atoms with Crippen molar-refractivity contribution in [3.05, 3.63) is 0 Å². The van der Waals surface area contributed by atoms with E-state index in [1.165, 1.54) is 17.7 Å². The minimum atomic E-state index is -0.977. The molecule has 0 aromatic carbocycles. The van der Waals surface area contributed by atoms with E-state index < -0.39 is 5.97 Å². The molecule has 2 unspecified atom stereocenters. The summed E-state index contributed by atoms with van der Waals surface area (Å²) in [7, 11) is 0. The molecule has 0 spiro atoms. The fraction of sp³-hybridized carbons (Fsp3) is 0.857. The summed E-state index contributed by atoms with van der Waals surface area (Å²) in [5, 5.41) is 11.7. The van der Waals surface area contributed by atoms with Gasteiger partial charge in [0.05, 0.1) is 0 Å². The minimum Gasteiger partial charge on any atom is -0.480 e. The monoisotopic (exact) mass is 270 g/mol. The Morgan fingerprint density at radius 1 is 1.37 bits per heavy atom. The Morgan fingerprint density at radius 3 is 2.58 bits per heavy atom. The van der Waals surface area contributed by atoms with Crippen molar-refractivity contribution < 1.29 is 14.7 Å². The molecule has 0 bridgehead atoms. The van der Waals surface area contributed by atoms with E-state index in [-0.39, 0.29) is 18.6 Å². The number of carboxylic acids is 1. The first-order valence-electron chi connectivity index (χ1n) is 7.16. The van der Waals surface area contributed by atoms with Crippen molar-refractivity contribution in [2.24, 2.45) is 11.8 Å². The second-order valence-electron chi connectivity index (χ2n) is 5.94. The van der Waals surface area contributed by atoms with Crippen LogP contribution in [0, 0.1) is 11.8 Å². The number of nitrogens with one attached hydrogen (secondary N) is 1. The Labute approximate surface area is 115 Å². The Balaban J connectivity index is 2.41. The number of carboxylic acid groups (broad SMARTS) is 1. The van der Waals surface area contributed by atoms with Crippen molar-refractivity contribution in [1.29, 1.82) is 0 Å². The SMILES string of the molecule is CC1CCCC(CNC(=O)N(CC(=O)O)C(C)C)C1. The number of nitrogens with zero attached hydrogens (tertiary/aromatic N) is 1. The lowest BCUT2D eigenvalue weighted by Crippen LogP contribution is -2.47. The maximum absolute atomic E-state index is 12.0. The van der Waals surface area contributed by atoms with Crippen LogP contribution in [0.1, 0.15) is 46.5 Å². The summed E-state index contributed by atoms with van der Waals surface area (Å²) in [6, 6.07) is -0.378. The molecule has 0 radical (unpaired) electrons. The van der Waals surface area contributed by atoms with Crippen LogP contribution in [-0.4, -0.2) is 41.1 Å². The molecule has 1 saturated carbocycles. The van der Waals surface area contributed by atoms with Gasteiger partial charge in [0.1, 0.15) is 6.54 Å². The van der Waals surface area contributed by atoms with E-state index in [1.54, 1.807) is 0 Å². The van der Waals surface area contributed by atoms with Crippen LogP contribution < -0.4 is 5.32 Å². The van der Waals surface area contributed by atoms with Gasteiger partial charge in [0.2, 0.25) is 0 Å². The Morgan fingerprint density at radius 2 is 2.05 bits per heavy atom. The number of carbonyl (C=O) groups is 2. The molecule has 0 aliphatic heterocycles. The maximum atomic E-state index is 12.0. The fourth-order valence-electron chi connectivity index (χ4n) is 2.71. The summed E-state index contributed by atoms with van der Waals surface area (Å²) in [6.07, 6.45) is 4.82. The largest absolute Gasteiger partial charge is 0.480 e. The fourth-order valence-corrected chi connectivity index (χ4v) is 2.71. The van der Waals surface area contributed by atoms with Crippen LogP contribution in [0.3, 0.4) is 0 Å². The van der Waals surface area contributed by atoms with Crippen molar-refractivity contribution in [2.45, 2.75) is 52.5 Å². The van der Waals surface area contributed by atoms with Gasteiger partial charge in [0.25, 0.3) is 0 Å². The molecule has 1 aliphatic carbocycles. The number of rotatable bonds is 5. The van der Waals surface area contributed by atoms with Crippen LogP contribution in [0.5, 0.6) is 0 Å². The second-order valence-corrected chi connectivity index (χ2v) is 5.94. The molecule has 1 rings (SSSR count). The lowest BCUT2D eigenvalue weighted by Gasteiger charge is -2.29. The highest BCUT2D eigenvalue weighted by atomic mass is 16.4. The van der Waals surface area contributed by atoms with Gasteiger partial charge in [-0.25, -0.2) is 4.79 Å². The summed E-state index contributed by atoms with van der Waals surface area (Å²) >= 11 is 0. The lowest BCUT2D eigenvalue weighted by atomic mass is 9.82. The standard InChI is InChI=1S/C14H26N2O3/c1-10(2)16(9-13(17)18)14(19)15-8-12-6-4-5-11(3)7-12/h10-12H,4-9H2,1-3H3,(H,15,19)(H,17,18). The third-order valence-corrected chi connectivity index (χ3v) is 3.78. The molecule has 2 amide bonds. The highest BCUT2D eigenvalue weighted by Crippen LogP contribution is 2.27. The molecule has 5 heteroatoms. The Kier molecular flexibility index (Phi) is 6.12. The molecule has 0 heterocycles. The zero-order chi connectivity index (χ0) is 14.4. The van der Waals surface area contributed by atoms with Crippen LogP contribution in [-0.2, 0) is 4.79 Å². The predicted octanol–water partition coefficient (Wildman–Crippen LogP) is 2.32. The van der Waals surface area contributed by atoms with Crippen LogP contribution in [0.4, 0.5) is 4.79 Å². The average Bonchev–Trinajstić information content (AvgIpc) is 2.32. The Bertz CT molecular complexity index is 318. The Hall–Kier alpha value is -1.26. The van der Waals surface area contributed by atoms with E-state index in [1.807, 2.05) is 13.8 Å². The summed E-state index contributed by atoms with van der Waals surface area (Å²) in [5.74, 6) is 0.289. The first-order chi connectivity index (χ1) is 8.90. The van der Waals surface area contributed by atoms with E-state index in [0.717, 1.165) is 18.8 Å². The normalized spacial score (nSPS) is 23.2. The smallest absolute Gasteiger partial charge is 0.323 e. The molecule has 1 aliphatic rings. The van der Waals surface area contributed by atoms with Gasteiger partial charge in [0, 0.05) is 12.6 Å². The number of aliphatic carboxylic acids is 1. The van der Waals surface area contributed by atoms with Gasteiger partial charge in [-0.05, 0) is 38.5 Å². The van der Waals surface area contributed by atoms with E-state index in [0.29, 0.717) is 12.5 Å². The molecule has 0 aromatic rings. The summed E-state index contributed by atoms with van der Waals surface area (Å²) in [4.78, 5) is 24.1. The average molecular weight is 270 g/mol. The van der Waals surface area contributed by atoms with Crippen LogP contribution in [0.15, 0.2) is 0 Å². The number of amides is 2. The second kappa shape index (κ2) is 7.36. The topological polar surface area (TPSA) is 69.6 Å². The van der Waals surface area contributed by atoms with Gasteiger partial charge in [-0.2, -0.15) is 0 Å². The molecule has 0 saturated heterocycles. The zero-order valence-corrected chi connectivity index (χ0v) is 12.2. The third kappa shape index (κ3) is 5.49. The third-order valence-electron chi connectivity index (χ3n) is 3.78. The zero-order valence-electron chi connectivity index (χ0n) is 12.2. The van der Waals surface area contributed by atoms with Crippen LogP contribution in [0.2, 0.25) is 0 Å². The number of carbonyl (C=O) groups excluding carboxylic acids is 1. The van der Waals surface area contributed by atoms with Crippen molar-refractivity contribution in [2.75, 3.05) is 13.1 Å². The van der Waals surface area contributed by atoms with E-state index in [2.05, 4.69) is 12.2 Å². The quantitative estimate of drug-likeness (QED) is 0.805. The van der Waals surface area contributed by atoms with E-state index in [9.17, 15) is 9.59 Å². The van der Waals surface area contributed by atoms with Gasteiger partial charge in [-0.15, -0.1) is 0 Å². The first kappa shape index (κ1) is 15.8. The molecule has 2 N–H and O–H groups in total. The summed E-state index contributed by atoms with van der Waals surface area (Å²) in [6.45, 7) is 6.31. The molecule has 5 nitrogen and oxygen atoms in total. The predicted molar refractivity (Wildman–Crippen MR) is 74.0 cm³/mol. The van der Waals surface area contributed by atoms with E-state index >= 15 is 0 Å². The molecule has 110 valence electrons. The lowest BCUT2D eigenvalue weighted by molar-refractivity contribution is -0.138. The van der Waals surface area contributed by atoms with Crippen LogP contribution in [0.25, 0.3) is 0 Å². The summed E-state index contributed by atoms with van der Waals surface area (Å²) in [5.41, 5.74) is 0. The van der Waals surface area contributed by atoms with Crippen molar-refractivity contribution >= 4 is 12.0 Å². The molecular formula is C14H26N2O3. The van der Waals surface area contributed by atoms with Gasteiger partial charge in [-0.1, -0.05) is 19.8 Å². The van der Waals surface area contributed by atoms with Gasteiger partial charge in [-0.3, -0.25) is 4.79 Å². The summed E-state index contributed by atoms with van der Waals surface area (Å²) < 4.78 is 0. The minimum absolute atomic E-state index is 0.110. The first-order valence-corrected chi connectivity index (χ1v) is 7.16. The molecule has 19 heavy (non-hydrogen) atoms. The van der Waals surface area contributed by atoms with Crippen molar-refractivity contribution in [3.8, 4) is 0 Å². The molecule has 1 fully saturated rings. The number of hydrogen-bond donors (Lipinski definition) is 2. The number of hydrogen-bond acceptors (Lipinski definition) is 2. The van der Waals surface area contributed by atoms with Crippen LogP contribution >= 0.6 is 0 Å². The van der Waals surface area contributed by atoms with E-state index in [4.69, 9.17) is 5.11 Å². The van der Waals surface area contributed by atoms with Gasteiger partial charge in [0.15, 0.2) is 0 Å².